The Labute approximate surface area is 133 Å². The molecule has 0 atom stereocenters. The van der Waals surface area contributed by atoms with Crippen LogP contribution in [0.25, 0.3) is 0 Å². The fourth-order valence-electron chi connectivity index (χ4n) is 1.64. The number of amides is 1. The third-order valence-electron chi connectivity index (χ3n) is 2.63. The summed E-state index contributed by atoms with van der Waals surface area (Å²) < 4.78 is 10.7. The van der Waals surface area contributed by atoms with E-state index < -0.39 is 12.6 Å². The van der Waals surface area contributed by atoms with Crippen molar-refractivity contribution in [2.45, 2.75) is 26.3 Å². The van der Waals surface area contributed by atoms with E-state index in [2.05, 4.69) is 0 Å². The van der Waals surface area contributed by atoms with Crippen molar-refractivity contribution < 1.29 is 29.4 Å². The summed E-state index contributed by atoms with van der Waals surface area (Å²) in [5.41, 5.74) is 0.475. The Morgan fingerprint density at radius 1 is 1.41 bits per heavy atom. The highest BCUT2D eigenvalue weighted by atomic mass is 35.5. The number of carbonyl (C=O) groups excluding carboxylic acids is 1. The molecule has 0 spiro atoms. The highest BCUT2D eigenvalue weighted by Crippen LogP contribution is 2.37. The second-order valence-corrected chi connectivity index (χ2v) is 4.90. The predicted octanol–water partition coefficient (Wildman–Crippen LogP) is 2.33. The topological polar surface area (TPSA) is 96.3 Å². The molecule has 8 heteroatoms. The molecular formula is C14H18ClNO6. The first kappa shape index (κ1) is 18.1. The van der Waals surface area contributed by atoms with Crippen LogP contribution < -0.4 is 9.47 Å². The van der Waals surface area contributed by atoms with Crippen LogP contribution in [0.2, 0.25) is 5.02 Å². The Balaban J connectivity index is 3.00. The zero-order chi connectivity index (χ0) is 16.5. The first-order chi connectivity index (χ1) is 10.5. The average Bonchev–Trinajstić information content (AvgIpc) is 2.47. The van der Waals surface area contributed by atoms with Crippen molar-refractivity contribution in [1.82, 2.24) is 5.06 Å². The lowest BCUT2D eigenvalue weighted by molar-refractivity contribution is -0.152. The number of carbonyl (C=O) groups is 2. The first-order valence-corrected chi connectivity index (χ1v) is 7.06. The van der Waals surface area contributed by atoms with Gasteiger partial charge in [0.2, 0.25) is 6.41 Å². The minimum absolute atomic E-state index is 0.109. The van der Waals surface area contributed by atoms with Gasteiger partial charge in [0.1, 0.15) is 0 Å². The molecule has 0 heterocycles. The zero-order valence-electron chi connectivity index (χ0n) is 12.1. The monoisotopic (exact) mass is 331 g/mol. The number of carboxylic acid groups (broad SMARTS) is 1. The second-order valence-electron chi connectivity index (χ2n) is 4.49. The van der Waals surface area contributed by atoms with Gasteiger partial charge >= 0.3 is 5.97 Å². The van der Waals surface area contributed by atoms with Crippen molar-refractivity contribution in [3.05, 3.63) is 22.7 Å². The van der Waals surface area contributed by atoms with Crippen molar-refractivity contribution >= 4 is 24.0 Å². The van der Waals surface area contributed by atoms with Crippen LogP contribution in [0.3, 0.4) is 0 Å². The van der Waals surface area contributed by atoms with Gasteiger partial charge in [0.15, 0.2) is 18.1 Å². The van der Waals surface area contributed by atoms with Crippen molar-refractivity contribution in [3.8, 4) is 11.5 Å². The molecule has 1 aromatic rings. The molecule has 0 aromatic heterocycles. The van der Waals surface area contributed by atoms with E-state index in [4.69, 9.17) is 26.2 Å². The molecule has 0 fully saturated rings. The van der Waals surface area contributed by atoms with Gasteiger partial charge in [-0.1, -0.05) is 24.9 Å². The lowest BCUT2D eigenvalue weighted by Gasteiger charge is -2.16. The highest BCUT2D eigenvalue weighted by molar-refractivity contribution is 6.32. The van der Waals surface area contributed by atoms with Crippen LogP contribution >= 0.6 is 11.6 Å². The minimum Gasteiger partial charge on any atom is -0.488 e. The molecule has 7 nitrogen and oxygen atoms in total. The Hall–Kier alpha value is -1.99. The van der Waals surface area contributed by atoms with Crippen LogP contribution in [0.1, 0.15) is 25.3 Å². The smallest absolute Gasteiger partial charge is 0.341 e. The maximum Gasteiger partial charge on any atom is 0.341 e. The van der Waals surface area contributed by atoms with Crippen LogP contribution in [0, 0.1) is 0 Å². The van der Waals surface area contributed by atoms with E-state index >= 15 is 0 Å². The second kappa shape index (κ2) is 9.11. The number of aliphatic carboxylic acids is 1. The standard InChI is InChI=1S/C14H18ClNO6/c1-2-3-4-21-14-11(15)5-10(7-16(20)9-17)6-12(14)22-8-13(18)19/h5-6,9,20H,2-4,7-8H2,1H3,(H,18,19). The van der Waals surface area contributed by atoms with Gasteiger partial charge in [0.25, 0.3) is 0 Å². The van der Waals surface area contributed by atoms with Gasteiger partial charge in [-0.15, -0.1) is 0 Å². The summed E-state index contributed by atoms with van der Waals surface area (Å²) in [5, 5.41) is 18.6. The molecule has 0 aliphatic heterocycles. The number of ether oxygens (including phenoxy) is 2. The van der Waals surface area contributed by atoms with Crippen LogP contribution in [0.4, 0.5) is 0 Å². The minimum atomic E-state index is -1.14. The highest BCUT2D eigenvalue weighted by Gasteiger charge is 2.15. The van der Waals surface area contributed by atoms with Gasteiger partial charge in [-0.2, -0.15) is 0 Å². The SMILES string of the molecule is CCCCOc1c(Cl)cc(CN(O)C=O)cc1OCC(=O)O. The molecule has 22 heavy (non-hydrogen) atoms. The Kier molecular flexibility index (Phi) is 7.48. The Morgan fingerprint density at radius 2 is 2.14 bits per heavy atom. The molecule has 1 amide bonds. The van der Waals surface area contributed by atoms with Crippen LogP contribution in [0.15, 0.2) is 12.1 Å². The summed E-state index contributed by atoms with van der Waals surface area (Å²) in [6.07, 6.45) is 1.99. The maximum atomic E-state index is 10.6. The fourth-order valence-corrected chi connectivity index (χ4v) is 1.93. The van der Waals surface area contributed by atoms with E-state index in [0.717, 1.165) is 12.8 Å². The Bertz CT molecular complexity index is 522. The third-order valence-corrected chi connectivity index (χ3v) is 2.91. The summed E-state index contributed by atoms with van der Waals surface area (Å²) in [5.74, 6) is -0.742. The Morgan fingerprint density at radius 3 is 2.73 bits per heavy atom. The van der Waals surface area contributed by atoms with E-state index in [1.165, 1.54) is 12.1 Å². The van der Waals surface area contributed by atoms with Gasteiger partial charge in [0, 0.05) is 0 Å². The van der Waals surface area contributed by atoms with Crippen LogP contribution in [0.5, 0.6) is 11.5 Å². The maximum absolute atomic E-state index is 10.6. The number of nitrogens with zero attached hydrogens (tertiary/aromatic N) is 1. The predicted molar refractivity (Wildman–Crippen MR) is 78.4 cm³/mol. The lowest BCUT2D eigenvalue weighted by Crippen LogP contribution is -2.16. The molecule has 0 saturated heterocycles. The summed E-state index contributed by atoms with van der Waals surface area (Å²) in [4.78, 5) is 21.1. The molecule has 0 aliphatic carbocycles. The molecule has 0 aliphatic rings. The van der Waals surface area contributed by atoms with E-state index in [1.807, 2.05) is 6.92 Å². The number of unbranched alkanes of at least 4 members (excludes halogenated alkanes) is 1. The van der Waals surface area contributed by atoms with E-state index in [0.29, 0.717) is 17.2 Å². The van der Waals surface area contributed by atoms with Gasteiger partial charge in [-0.05, 0) is 24.1 Å². The number of hydrogen-bond donors (Lipinski definition) is 2. The van der Waals surface area contributed by atoms with Crippen molar-refractivity contribution in [3.63, 3.8) is 0 Å². The molecule has 1 rings (SSSR count). The normalized spacial score (nSPS) is 10.1. The molecule has 0 bridgehead atoms. The van der Waals surface area contributed by atoms with Crippen molar-refractivity contribution in [1.29, 1.82) is 0 Å². The molecule has 0 saturated carbocycles. The third kappa shape index (κ3) is 5.79. The molecule has 2 N–H and O–H groups in total. The summed E-state index contributed by atoms with van der Waals surface area (Å²) in [7, 11) is 0. The fraction of sp³-hybridized carbons (Fsp3) is 0.429. The molecule has 0 unspecified atom stereocenters. The number of hydrogen-bond acceptors (Lipinski definition) is 5. The summed E-state index contributed by atoms with van der Waals surface area (Å²) in [6.45, 7) is 1.76. The van der Waals surface area contributed by atoms with Crippen molar-refractivity contribution in [2.24, 2.45) is 0 Å². The molecule has 122 valence electrons. The number of halogens is 1. The number of benzene rings is 1. The van der Waals surface area contributed by atoms with Crippen LogP contribution in [-0.2, 0) is 16.1 Å². The quantitative estimate of drug-likeness (QED) is 0.295. The van der Waals surface area contributed by atoms with E-state index in [1.54, 1.807) is 0 Å². The molecule has 1 aromatic carbocycles. The number of hydroxylamine groups is 2. The number of carboxylic acids is 1. The lowest BCUT2D eigenvalue weighted by atomic mass is 10.2. The molecule has 0 radical (unpaired) electrons. The van der Waals surface area contributed by atoms with Gasteiger partial charge < -0.3 is 14.6 Å². The number of rotatable bonds is 10. The first-order valence-electron chi connectivity index (χ1n) is 6.68. The largest absolute Gasteiger partial charge is 0.488 e. The van der Waals surface area contributed by atoms with Gasteiger partial charge in [-0.25, -0.2) is 9.86 Å². The van der Waals surface area contributed by atoms with Crippen molar-refractivity contribution in [2.75, 3.05) is 13.2 Å². The van der Waals surface area contributed by atoms with Gasteiger partial charge in [0.05, 0.1) is 18.2 Å². The zero-order valence-corrected chi connectivity index (χ0v) is 12.9. The van der Waals surface area contributed by atoms with Crippen LogP contribution in [-0.4, -0.2) is 41.0 Å². The molecular weight excluding hydrogens is 314 g/mol. The average molecular weight is 332 g/mol. The summed E-state index contributed by atoms with van der Waals surface area (Å²) in [6, 6.07) is 2.99. The van der Waals surface area contributed by atoms with E-state index in [-0.39, 0.29) is 29.5 Å². The van der Waals surface area contributed by atoms with E-state index in [9.17, 15) is 14.8 Å². The summed E-state index contributed by atoms with van der Waals surface area (Å²) >= 11 is 6.11. The van der Waals surface area contributed by atoms with Gasteiger partial charge in [-0.3, -0.25) is 10.0 Å².